The van der Waals surface area contributed by atoms with E-state index in [0.717, 1.165) is 12.5 Å². The fraction of sp³-hybridized carbons (Fsp3) is 0.824. The molecule has 1 aromatic heterocycles. The minimum atomic E-state index is 0.140. The van der Waals surface area contributed by atoms with Gasteiger partial charge in [0, 0.05) is 23.1 Å². The second-order valence-corrected chi connectivity index (χ2v) is 8.25. The van der Waals surface area contributed by atoms with Gasteiger partial charge in [-0.3, -0.25) is 4.68 Å². The van der Waals surface area contributed by atoms with Crippen molar-refractivity contribution >= 4 is 0 Å². The summed E-state index contributed by atoms with van der Waals surface area (Å²) < 4.78 is 2.30. The van der Waals surface area contributed by atoms with E-state index >= 15 is 0 Å². The zero-order chi connectivity index (χ0) is 14.3. The summed E-state index contributed by atoms with van der Waals surface area (Å²) in [5.41, 5.74) is 2.94. The van der Waals surface area contributed by atoms with Crippen LogP contribution in [-0.2, 0) is 17.4 Å². The summed E-state index contributed by atoms with van der Waals surface area (Å²) in [5, 5.41) is 4.93. The van der Waals surface area contributed by atoms with E-state index in [1.807, 2.05) is 0 Å². The van der Waals surface area contributed by atoms with E-state index in [9.17, 15) is 0 Å². The molecule has 0 spiro atoms. The van der Waals surface area contributed by atoms with Gasteiger partial charge in [0.1, 0.15) is 0 Å². The molecule has 0 atom stereocenters. The molecule has 0 aromatic carbocycles. The highest BCUT2D eigenvalue weighted by molar-refractivity contribution is 5.22. The highest BCUT2D eigenvalue weighted by Crippen LogP contribution is 2.31. The van der Waals surface area contributed by atoms with Gasteiger partial charge in [-0.2, -0.15) is 5.10 Å². The average molecular weight is 262 g/mol. The average Bonchev–Trinajstić information content (AvgIpc) is 2.84. The van der Waals surface area contributed by atoms with Crippen molar-refractivity contribution in [3.05, 3.63) is 17.5 Å². The quantitative estimate of drug-likeness (QED) is 0.757. The van der Waals surface area contributed by atoms with E-state index in [-0.39, 0.29) is 10.8 Å². The Bertz CT molecular complexity index is 423. The van der Waals surface area contributed by atoms with Crippen LogP contribution in [0.15, 0.2) is 6.07 Å². The van der Waals surface area contributed by atoms with Crippen LogP contribution in [0.4, 0.5) is 0 Å². The number of rotatable bonds is 2. The zero-order valence-electron chi connectivity index (χ0n) is 13.6. The number of hydrogen-bond donors (Lipinski definition) is 0. The Balaban J connectivity index is 2.31. The third-order valence-corrected chi connectivity index (χ3v) is 4.22. The fourth-order valence-corrected chi connectivity index (χ4v) is 2.96. The normalized spacial score (nSPS) is 18.2. The molecule has 1 aliphatic rings. The van der Waals surface area contributed by atoms with Crippen molar-refractivity contribution in [3.8, 4) is 0 Å². The first kappa shape index (κ1) is 14.6. The lowest BCUT2D eigenvalue weighted by atomic mass is 9.88. The van der Waals surface area contributed by atoms with Crippen LogP contribution in [0.25, 0.3) is 0 Å². The molecule has 0 saturated heterocycles. The minimum Gasteiger partial charge on any atom is -0.268 e. The molecule has 1 fully saturated rings. The van der Waals surface area contributed by atoms with Crippen molar-refractivity contribution in [1.82, 2.24) is 9.78 Å². The molecule has 2 heteroatoms. The Morgan fingerprint density at radius 2 is 1.63 bits per heavy atom. The largest absolute Gasteiger partial charge is 0.268 e. The van der Waals surface area contributed by atoms with Crippen molar-refractivity contribution in [3.63, 3.8) is 0 Å². The molecule has 0 N–H and O–H groups in total. The summed E-state index contributed by atoms with van der Waals surface area (Å²) in [6.45, 7) is 14.7. The summed E-state index contributed by atoms with van der Waals surface area (Å²) >= 11 is 0. The topological polar surface area (TPSA) is 17.8 Å². The maximum absolute atomic E-state index is 4.93. The molecule has 108 valence electrons. The van der Waals surface area contributed by atoms with Crippen molar-refractivity contribution < 1.29 is 0 Å². The molecular formula is C17H30N2. The van der Waals surface area contributed by atoms with Crippen molar-refractivity contribution in [1.29, 1.82) is 0 Å². The van der Waals surface area contributed by atoms with Crippen molar-refractivity contribution in [2.24, 2.45) is 5.92 Å². The number of hydrogen-bond acceptors (Lipinski definition) is 1. The van der Waals surface area contributed by atoms with Gasteiger partial charge < -0.3 is 0 Å². The predicted molar refractivity (Wildman–Crippen MR) is 81.6 cm³/mol. The van der Waals surface area contributed by atoms with Gasteiger partial charge in [-0.25, -0.2) is 0 Å². The van der Waals surface area contributed by atoms with Gasteiger partial charge in [0.15, 0.2) is 0 Å². The Morgan fingerprint density at radius 3 is 2.11 bits per heavy atom. The van der Waals surface area contributed by atoms with Crippen LogP contribution >= 0.6 is 0 Å². The Kier molecular flexibility index (Phi) is 3.81. The second kappa shape index (κ2) is 4.96. The van der Waals surface area contributed by atoms with Gasteiger partial charge in [-0.1, -0.05) is 54.4 Å². The maximum atomic E-state index is 4.93. The lowest BCUT2D eigenvalue weighted by Gasteiger charge is -2.21. The minimum absolute atomic E-state index is 0.140. The first-order valence-corrected chi connectivity index (χ1v) is 7.77. The lowest BCUT2D eigenvalue weighted by Crippen LogP contribution is -2.21. The standard InChI is InChI=1S/C17H30N2/c1-16(2,3)14-11-15(17(4,5)6)19(18-14)12-13-9-7-8-10-13/h11,13H,7-10,12H2,1-6H3. The molecular weight excluding hydrogens is 232 g/mol. The molecule has 2 rings (SSSR count). The highest BCUT2D eigenvalue weighted by Gasteiger charge is 2.27. The summed E-state index contributed by atoms with van der Waals surface area (Å²) in [6.07, 6.45) is 5.58. The molecule has 2 nitrogen and oxygen atoms in total. The molecule has 1 aromatic rings. The molecule has 1 heterocycles. The first-order chi connectivity index (χ1) is 8.68. The number of aromatic nitrogens is 2. The highest BCUT2D eigenvalue weighted by atomic mass is 15.3. The van der Waals surface area contributed by atoms with Crippen molar-refractivity contribution in [2.45, 2.75) is 84.6 Å². The van der Waals surface area contributed by atoms with E-state index in [0.29, 0.717) is 0 Å². The van der Waals surface area contributed by atoms with E-state index in [1.165, 1.54) is 37.1 Å². The van der Waals surface area contributed by atoms with Gasteiger partial charge in [-0.15, -0.1) is 0 Å². The summed E-state index contributed by atoms with van der Waals surface area (Å²) in [7, 11) is 0. The monoisotopic (exact) mass is 262 g/mol. The van der Waals surface area contributed by atoms with Crippen LogP contribution in [0.1, 0.15) is 78.6 Å². The Hall–Kier alpha value is -0.790. The lowest BCUT2D eigenvalue weighted by molar-refractivity contribution is 0.389. The predicted octanol–water partition coefficient (Wildman–Crippen LogP) is 4.67. The third-order valence-electron chi connectivity index (χ3n) is 4.22. The molecule has 0 unspecified atom stereocenters. The van der Waals surface area contributed by atoms with E-state index in [2.05, 4.69) is 52.3 Å². The number of nitrogens with zero attached hydrogens (tertiary/aromatic N) is 2. The van der Waals surface area contributed by atoms with E-state index < -0.39 is 0 Å². The van der Waals surface area contributed by atoms with Crippen LogP contribution < -0.4 is 0 Å². The van der Waals surface area contributed by atoms with Gasteiger partial charge in [-0.05, 0) is 24.8 Å². The fourth-order valence-electron chi connectivity index (χ4n) is 2.96. The van der Waals surface area contributed by atoms with Gasteiger partial charge in [0.2, 0.25) is 0 Å². The first-order valence-electron chi connectivity index (χ1n) is 7.77. The second-order valence-electron chi connectivity index (χ2n) is 8.25. The van der Waals surface area contributed by atoms with Crippen LogP contribution in [0.3, 0.4) is 0 Å². The molecule has 1 aliphatic carbocycles. The maximum Gasteiger partial charge on any atom is 0.0681 e. The summed E-state index contributed by atoms with van der Waals surface area (Å²) in [6, 6.07) is 2.33. The third kappa shape index (κ3) is 3.40. The van der Waals surface area contributed by atoms with Gasteiger partial charge in [0.05, 0.1) is 5.69 Å². The van der Waals surface area contributed by atoms with Crippen LogP contribution in [-0.4, -0.2) is 9.78 Å². The van der Waals surface area contributed by atoms with Crippen LogP contribution in [0.2, 0.25) is 0 Å². The molecule has 19 heavy (non-hydrogen) atoms. The van der Waals surface area contributed by atoms with E-state index in [4.69, 9.17) is 5.10 Å². The van der Waals surface area contributed by atoms with E-state index in [1.54, 1.807) is 0 Å². The van der Waals surface area contributed by atoms with Gasteiger partial charge >= 0.3 is 0 Å². The summed E-state index contributed by atoms with van der Waals surface area (Å²) in [4.78, 5) is 0. The zero-order valence-corrected chi connectivity index (χ0v) is 13.6. The van der Waals surface area contributed by atoms with Gasteiger partial charge in [0.25, 0.3) is 0 Å². The van der Waals surface area contributed by atoms with Crippen molar-refractivity contribution in [2.75, 3.05) is 0 Å². The smallest absolute Gasteiger partial charge is 0.0681 e. The molecule has 0 radical (unpaired) electrons. The Labute approximate surface area is 118 Å². The Morgan fingerprint density at radius 1 is 1.05 bits per heavy atom. The molecule has 0 amide bonds. The molecule has 1 saturated carbocycles. The molecule has 0 aliphatic heterocycles. The van der Waals surface area contributed by atoms with Crippen LogP contribution in [0.5, 0.6) is 0 Å². The molecule has 0 bridgehead atoms. The van der Waals surface area contributed by atoms with Crippen LogP contribution in [0, 0.1) is 5.92 Å². The summed E-state index contributed by atoms with van der Waals surface area (Å²) in [5.74, 6) is 0.841. The SMILES string of the molecule is CC(C)(C)c1cc(C(C)(C)C)n(CC2CCCC2)n1.